The molecule has 0 atom stereocenters. The number of carboxylic acids is 1. The van der Waals surface area contributed by atoms with Gasteiger partial charge in [-0.15, -0.1) is 0 Å². The summed E-state index contributed by atoms with van der Waals surface area (Å²) in [5, 5.41) is 9.05. The minimum atomic E-state index is -4.10. The molecule has 9 heteroatoms. The fourth-order valence-corrected chi connectivity index (χ4v) is 3.11. The van der Waals surface area contributed by atoms with Crippen LogP contribution < -0.4 is 9.46 Å². The molecule has 2 N–H and O–H groups in total. The van der Waals surface area contributed by atoms with Crippen molar-refractivity contribution in [2.45, 2.75) is 4.90 Å². The van der Waals surface area contributed by atoms with Crippen molar-refractivity contribution >= 4 is 33.3 Å². The van der Waals surface area contributed by atoms with Crippen molar-refractivity contribution < 1.29 is 27.4 Å². The van der Waals surface area contributed by atoms with Gasteiger partial charge in [0.15, 0.2) is 0 Å². The van der Waals surface area contributed by atoms with E-state index in [1.54, 1.807) is 0 Å². The Morgan fingerprint density at radius 3 is 2.52 bits per heavy atom. The molecular formula is C14H11ClFNO5S. The summed E-state index contributed by atoms with van der Waals surface area (Å²) in [6.45, 7) is 0. The maximum Gasteiger partial charge on any atom is 0.338 e. The zero-order valence-electron chi connectivity index (χ0n) is 11.7. The highest BCUT2D eigenvalue weighted by Gasteiger charge is 2.19. The van der Waals surface area contributed by atoms with Crippen LogP contribution in [0, 0.1) is 5.82 Å². The summed E-state index contributed by atoms with van der Waals surface area (Å²) in [5.74, 6) is -2.22. The Bertz CT molecular complexity index is 869. The van der Waals surface area contributed by atoms with Crippen LogP contribution in [-0.4, -0.2) is 26.6 Å². The summed E-state index contributed by atoms with van der Waals surface area (Å²) in [4.78, 5) is 10.5. The first kappa shape index (κ1) is 17.0. The molecule has 0 bridgehead atoms. The van der Waals surface area contributed by atoms with Gasteiger partial charge in [0.25, 0.3) is 10.0 Å². The van der Waals surface area contributed by atoms with Crippen molar-refractivity contribution in [1.29, 1.82) is 0 Å². The number of carbonyl (C=O) groups is 1. The summed E-state index contributed by atoms with van der Waals surface area (Å²) in [6.07, 6.45) is 0. The molecule has 0 aliphatic heterocycles. The number of rotatable bonds is 5. The topological polar surface area (TPSA) is 92.7 Å². The van der Waals surface area contributed by atoms with Crippen LogP contribution in [0.1, 0.15) is 10.4 Å². The lowest BCUT2D eigenvalue weighted by Gasteiger charge is -2.10. The van der Waals surface area contributed by atoms with Gasteiger partial charge < -0.3 is 9.84 Å². The third-order valence-corrected chi connectivity index (χ3v) is 4.56. The highest BCUT2D eigenvalue weighted by Crippen LogP contribution is 2.28. The van der Waals surface area contributed by atoms with Gasteiger partial charge in [-0.3, -0.25) is 4.72 Å². The van der Waals surface area contributed by atoms with E-state index in [0.29, 0.717) is 5.75 Å². The van der Waals surface area contributed by atoms with Crippen LogP contribution in [-0.2, 0) is 10.0 Å². The quantitative estimate of drug-likeness (QED) is 0.856. The van der Waals surface area contributed by atoms with Crippen LogP contribution in [0.3, 0.4) is 0 Å². The monoisotopic (exact) mass is 359 g/mol. The molecule has 0 amide bonds. The molecule has 0 saturated carbocycles. The van der Waals surface area contributed by atoms with Crippen LogP contribution in [0.25, 0.3) is 0 Å². The molecule has 122 valence electrons. The summed E-state index contributed by atoms with van der Waals surface area (Å²) >= 11 is 5.90. The number of nitrogens with one attached hydrogen (secondary N) is 1. The number of halogens is 2. The maximum absolute atomic E-state index is 13.3. The second-order valence-corrected chi connectivity index (χ2v) is 6.49. The van der Waals surface area contributed by atoms with Crippen LogP contribution in [0.4, 0.5) is 10.1 Å². The number of ether oxygens (including phenoxy) is 1. The number of anilines is 1. The molecule has 2 aromatic rings. The predicted molar refractivity (Wildman–Crippen MR) is 82.2 cm³/mol. The second-order valence-electron chi connectivity index (χ2n) is 4.40. The van der Waals surface area contributed by atoms with Gasteiger partial charge in [-0.1, -0.05) is 11.6 Å². The molecule has 0 aliphatic carbocycles. The molecule has 6 nitrogen and oxygen atoms in total. The van der Waals surface area contributed by atoms with Crippen LogP contribution >= 0.6 is 11.6 Å². The lowest BCUT2D eigenvalue weighted by Crippen LogP contribution is -2.14. The van der Waals surface area contributed by atoms with E-state index in [1.807, 2.05) is 0 Å². The fourth-order valence-electron chi connectivity index (χ4n) is 1.78. The smallest absolute Gasteiger partial charge is 0.338 e. The number of methoxy groups -OCH3 is 1. The van der Waals surface area contributed by atoms with Crippen LogP contribution in [0.2, 0.25) is 5.02 Å². The van der Waals surface area contributed by atoms with Crippen LogP contribution in [0.5, 0.6) is 5.75 Å². The van der Waals surface area contributed by atoms with Gasteiger partial charge in [0.2, 0.25) is 0 Å². The van der Waals surface area contributed by atoms with Gasteiger partial charge in [0, 0.05) is 0 Å². The summed E-state index contributed by atoms with van der Waals surface area (Å²) in [6, 6.07) is 6.70. The third-order valence-electron chi connectivity index (χ3n) is 2.88. The number of sulfonamides is 1. The van der Waals surface area contributed by atoms with Crippen molar-refractivity contribution in [3.8, 4) is 5.75 Å². The molecule has 0 heterocycles. The molecule has 0 unspecified atom stereocenters. The lowest BCUT2D eigenvalue weighted by atomic mass is 10.2. The van der Waals surface area contributed by atoms with Gasteiger partial charge in [0.1, 0.15) is 11.6 Å². The molecule has 2 aromatic carbocycles. The van der Waals surface area contributed by atoms with Crippen molar-refractivity contribution in [3.05, 3.63) is 52.8 Å². The highest BCUT2D eigenvalue weighted by molar-refractivity contribution is 7.92. The Kier molecular flexibility index (Phi) is 4.76. The predicted octanol–water partition coefficient (Wildman–Crippen LogP) is 2.99. The molecule has 2 rings (SSSR count). The lowest BCUT2D eigenvalue weighted by molar-refractivity contribution is 0.0691. The Hall–Kier alpha value is -2.32. The minimum Gasteiger partial charge on any atom is -0.495 e. The van der Waals surface area contributed by atoms with Gasteiger partial charge >= 0.3 is 5.97 Å². The molecular weight excluding hydrogens is 349 g/mol. The second kappa shape index (κ2) is 6.43. The Balaban J connectivity index is 2.37. The molecule has 0 radical (unpaired) electrons. The number of benzene rings is 2. The first-order valence-electron chi connectivity index (χ1n) is 6.14. The maximum atomic E-state index is 13.3. The van der Waals surface area contributed by atoms with E-state index in [0.717, 1.165) is 18.2 Å². The number of hydrogen-bond donors (Lipinski definition) is 2. The van der Waals surface area contributed by atoms with Crippen molar-refractivity contribution in [3.63, 3.8) is 0 Å². The number of aromatic carboxylic acids is 1. The fraction of sp³-hybridized carbons (Fsp3) is 0.0714. The molecule has 0 fully saturated rings. The molecule has 23 heavy (non-hydrogen) atoms. The minimum absolute atomic E-state index is 0.150. The first-order chi connectivity index (χ1) is 10.7. The first-order valence-corrected chi connectivity index (χ1v) is 8.00. The van der Waals surface area contributed by atoms with Gasteiger partial charge in [-0.25, -0.2) is 17.6 Å². The molecule has 0 aromatic heterocycles. The molecule has 0 spiro atoms. The van der Waals surface area contributed by atoms with E-state index in [-0.39, 0.29) is 15.6 Å². The average molecular weight is 360 g/mol. The molecule has 0 saturated heterocycles. The highest BCUT2D eigenvalue weighted by atomic mass is 35.5. The van der Waals surface area contributed by atoms with E-state index < -0.39 is 27.4 Å². The van der Waals surface area contributed by atoms with Gasteiger partial charge in [0.05, 0.1) is 28.3 Å². The Morgan fingerprint density at radius 2 is 1.96 bits per heavy atom. The number of hydrogen-bond acceptors (Lipinski definition) is 4. The Labute approximate surface area is 136 Å². The summed E-state index contributed by atoms with van der Waals surface area (Å²) < 4.78 is 45.0. The molecule has 0 aliphatic rings. The largest absolute Gasteiger partial charge is 0.495 e. The van der Waals surface area contributed by atoms with Gasteiger partial charge in [-0.2, -0.15) is 0 Å². The standard InChI is InChI=1S/C14H11ClFNO5S/c1-22-13-5-2-8(6-11(13)15)17-23(20,21)9-3-4-12(16)10(7-9)14(18)19/h2-7,17H,1H3,(H,18,19). The number of carboxylic acid groups (broad SMARTS) is 1. The van der Waals surface area contributed by atoms with E-state index in [2.05, 4.69) is 4.72 Å². The van der Waals surface area contributed by atoms with Crippen molar-refractivity contribution in [2.75, 3.05) is 11.8 Å². The zero-order valence-corrected chi connectivity index (χ0v) is 13.3. The Morgan fingerprint density at radius 1 is 1.26 bits per heavy atom. The summed E-state index contributed by atoms with van der Waals surface area (Å²) in [7, 11) is -2.69. The zero-order chi connectivity index (χ0) is 17.2. The van der Waals surface area contributed by atoms with E-state index in [9.17, 15) is 17.6 Å². The average Bonchev–Trinajstić information content (AvgIpc) is 2.47. The van der Waals surface area contributed by atoms with Crippen molar-refractivity contribution in [1.82, 2.24) is 0 Å². The van der Waals surface area contributed by atoms with Crippen LogP contribution in [0.15, 0.2) is 41.3 Å². The normalized spacial score (nSPS) is 11.1. The summed E-state index contributed by atoms with van der Waals surface area (Å²) in [5.41, 5.74) is -0.586. The van der Waals surface area contributed by atoms with Crippen molar-refractivity contribution in [2.24, 2.45) is 0 Å². The third kappa shape index (κ3) is 3.72. The SMILES string of the molecule is COc1ccc(NS(=O)(=O)c2ccc(F)c(C(=O)O)c2)cc1Cl. The van der Waals surface area contributed by atoms with E-state index in [4.69, 9.17) is 21.4 Å². The van der Waals surface area contributed by atoms with Gasteiger partial charge in [-0.05, 0) is 36.4 Å². The van der Waals surface area contributed by atoms with E-state index >= 15 is 0 Å². The van der Waals surface area contributed by atoms with E-state index in [1.165, 1.54) is 25.3 Å².